The number of oxazole rings is 1. The van der Waals surface area contributed by atoms with Gasteiger partial charge in [0.15, 0.2) is 0 Å². The molecule has 3 nitrogen and oxygen atoms in total. The van der Waals surface area contributed by atoms with Crippen LogP contribution in [-0.2, 0) is 0 Å². The Morgan fingerprint density at radius 1 is 1.50 bits per heavy atom. The Hall–Kier alpha value is -1.84. The lowest BCUT2D eigenvalue weighted by Crippen LogP contribution is -1.95. The Kier molecular flexibility index (Phi) is 2.90. The van der Waals surface area contributed by atoms with Gasteiger partial charge in [-0.1, -0.05) is 0 Å². The predicted molar refractivity (Wildman–Crippen MR) is 56.6 cm³/mol. The number of aromatic nitrogens is 1. The largest absolute Gasteiger partial charge is 0.493 e. The molecular formula is C12H11FNO2. The third-order valence-electron chi connectivity index (χ3n) is 2.04. The molecule has 1 radical (unpaired) electrons. The van der Waals surface area contributed by atoms with Crippen molar-refractivity contribution in [3.05, 3.63) is 36.0 Å². The van der Waals surface area contributed by atoms with Gasteiger partial charge in [-0.05, 0) is 26.0 Å². The van der Waals surface area contributed by atoms with E-state index in [1.807, 2.05) is 6.92 Å². The zero-order valence-electron chi connectivity index (χ0n) is 9.08. The van der Waals surface area contributed by atoms with Crippen LogP contribution < -0.4 is 4.74 Å². The molecule has 2 rings (SSSR count). The van der Waals surface area contributed by atoms with Crippen molar-refractivity contribution in [2.24, 2.45) is 0 Å². The van der Waals surface area contributed by atoms with Crippen LogP contribution in [0, 0.1) is 18.9 Å². The first kappa shape index (κ1) is 10.7. The molecule has 0 aliphatic carbocycles. The lowest BCUT2D eigenvalue weighted by Gasteiger charge is -2.07. The molecule has 0 spiro atoms. The summed E-state index contributed by atoms with van der Waals surface area (Å²) in [6.45, 7) is 4.04. The summed E-state index contributed by atoms with van der Waals surface area (Å²) < 4.78 is 23.7. The number of benzene rings is 1. The van der Waals surface area contributed by atoms with Gasteiger partial charge in [0, 0.05) is 6.07 Å². The van der Waals surface area contributed by atoms with E-state index in [1.54, 1.807) is 13.0 Å². The minimum atomic E-state index is -0.348. The first-order chi connectivity index (χ1) is 7.70. The van der Waals surface area contributed by atoms with E-state index >= 15 is 0 Å². The van der Waals surface area contributed by atoms with Gasteiger partial charge >= 0.3 is 0 Å². The van der Waals surface area contributed by atoms with Crippen molar-refractivity contribution in [2.75, 3.05) is 6.61 Å². The number of hydrogen-bond acceptors (Lipinski definition) is 3. The second kappa shape index (κ2) is 4.35. The molecule has 0 fully saturated rings. The fraction of sp³-hybridized carbons (Fsp3) is 0.250. The molecule has 1 heterocycles. The van der Waals surface area contributed by atoms with Crippen molar-refractivity contribution in [3.8, 4) is 17.2 Å². The predicted octanol–water partition coefficient (Wildman–Crippen LogP) is 2.99. The molecule has 0 amide bonds. The van der Waals surface area contributed by atoms with Crippen molar-refractivity contribution in [3.63, 3.8) is 0 Å². The quantitative estimate of drug-likeness (QED) is 0.797. The van der Waals surface area contributed by atoms with Crippen LogP contribution in [0.15, 0.2) is 22.6 Å². The summed E-state index contributed by atoms with van der Waals surface area (Å²) >= 11 is 0. The van der Waals surface area contributed by atoms with Crippen LogP contribution in [0.5, 0.6) is 5.75 Å². The maximum atomic E-state index is 13.1. The number of aryl methyl sites for hydroxylation is 1. The Morgan fingerprint density at radius 2 is 2.31 bits per heavy atom. The van der Waals surface area contributed by atoms with Gasteiger partial charge in [0.1, 0.15) is 23.5 Å². The summed E-state index contributed by atoms with van der Waals surface area (Å²) in [5.74, 6) is 1.06. The highest BCUT2D eigenvalue weighted by Gasteiger charge is 2.12. The third-order valence-corrected chi connectivity index (χ3v) is 2.04. The normalized spacial score (nSPS) is 10.4. The molecule has 0 saturated carbocycles. The molecule has 16 heavy (non-hydrogen) atoms. The zero-order chi connectivity index (χ0) is 11.5. The van der Waals surface area contributed by atoms with Crippen molar-refractivity contribution in [1.29, 1.82) is 0 Å². The van der Waals surface area contributed by atoms with Crippen LogP contribution in [0.2, 0.25) is 0 Å². The Balaban J connectivity index is 2.47. The molecule has 0 saturated heterocycles. The number of rotatable bonds is 3. The molecule has 83 valence electrons. The Labute approximate surface area is 92.9 Å². The minimum absolute atomic E-state index is 0.348. The van der Waals surface area contributed by atoms with Gasteiger partial charge in [0.2, 0.25) is 5.89 Å². The average Bonchev–Trinajstić information content (AvgIpc) is 2.65. The van der Waals surface area contributed by atoms with E-state index in [9.17, 15) is 4.39 Å². The molecule has 1 aromatic carbocycles. The maximum Gasteiger partial charge on any atom is 0.230 e. The summed E-state index contributed by atoms with van der Waals surface area (Å²) in [5, 5.41) is 0. The summed E-state index contributed by atoms with van der Waals surface area (Å²) in [6.07, 6.45) is 2.69. The number of hydrogen-bond donors (Lipinski definition) is 0. The summed E-state index contributed by atoms with van der Waals surface area (Å²) in [6, 6.07) is 4.25. The topological polar surface area (TPSA) is 35.3 Å². The Morgan fingerprint density at radius 3 is 2.94 bits per heavy atom. The van der Waals surface area contributed by atoms with Crippen LogP contribution in [-0.4, -0.2) is 11.6 Å². The zero-order valence-corrected chi connectivity index (χ0v) is 9.08. The summed E-state index contributed by atoms with van der Waals surface area (Å²) in [5.41, 5.74) is 0.632. The van der Waals surface area contributed by atoms with E-state index in [2.05, 4.69) is 11.2 Å². The molecule has 0 aliphatic heterocycles. The molecular weight excluding hydrogens is 209 g/mol. The number of halogens is 1. The van der Waals surface area contributed by atoms with Crippen LogP contribution in [0.4, 0.5) is 4.39 Å². The number of nitrogens with zero attached hydrogens (tertiary/aromatic N) is 1. The van der Waals surface area contributed by atoms with Gasteiger partial charge < -0.3 is 9.15 Å². The lowest BCUT2D eigenvalue weighted by molar-refractivity contribution is 0.338. The highest BCUT2D eigenvalue weighted by molar-refractivity contribution is 5.62. The first-order valence-electron chi connectivity index (χ1n) is 4.98. The lowest BCUT2D eigenvalue weighted by atomic mass is 10.2. The molecule has 0 atom stereocenters. The maximum absolute atomic E-state index is 13.1. The molecule has 0 unspecified atom stereocenters. The molecule has 0 bridgehead atoms. The van der Waals surface area contributed by atoms with E-state index in [-0.39, 0.29) is 5.82 Å². The fourth-order valence-corrected chi connectivity index (χ4v) is 1.38. The van der Waals surface area contributed by atoms with Crippen LogP contribution in [0.1, 0.15) is 12.7 Å². The summed E-state index contributed by atoms with van der Waals surface area (Å²) in [4.78, 5) is 3.96. The van der Waals surface area contributed by atoms with Crippen molar-refractivity contribution in [2.45, 2.75) is 13.8 Å². The second-order valence-corrected chi connectivity index (χ2v) is 3.26. The highest BCUT2D eigenvalue weighted by atomic mass is 19.1. The Bertz CT molecular complexity index is 494. The molecule has 0 aliphatic rings. The van der Waals surface area contributed by atoms with E-state index in [1.165, 1.54) is 12.1 Å². The summed E-state index contributed by atoms with van der Waals surface area (Å²) in [7, 11) is 0. The van der Waals surface area contributed by atoms with Crippen molar-refractivity contribution in [1.82, 2.24) is 4.98 Å². The molecule has 0 N–H and O–H groups in total. The molecule has 4 heteroatoms. The number of ether oxygens (including phenoxy) is 1. The molecule has 2 aromatic rings. The van der Waals surface area contributed by atoms with Crippen LogP contribution >= 0.6 is 0 Å². The second-order valence-electron chi connectivity index (χ2n) is 3.26. The van der Waals surface area contributed by atoms with Gasteiger partial charge in [-0.15, -0.1) is 0 Å². The average molecular weight is 220 g/mol. The standard InChI is InChI=1S/C12H11FNO2/c1-3-15-11-6-9(13)4-5-10(11)12-14-7-8(2)16-12/h4-6H,3H2,1-2H3. The monoisotopic (exact) mass is 220 g/mol. The SMILES string of the molecule is CCOc1cc(F)ccc1-c1n[c]c(C)o1. The van der Waals surface area contributed by atoms with E-state index in [0.717, 1.165) is 0 Å². The first-order valence-corrected chi connectivity index (χ1v) is 4.98. The van der Waals surface area contributed by atoms with Crippen LogP contribution in [0.25, 0.3) is 11.5 Å². The van der Waals surface area contributed by atoms with Gasteiger partial charge in [0.25, 0.3) is 0 Å². The van der Waals surface area contributed by atoms with Crippen molar-refractivity contribution < 1.29 is 13.5 Å². The van der Waals surface area contributed by atoms with Gasteiger partial charge in [0.05, 0.1) is 12.2 Å². The van der Waals surface area contributed by atoms with Gasteiger partial charge in [-0.25, -0.2) is 9.37 Å². The van der Waals surface area contributed by atoms with Crippen molar-refractivity contribution >= 4 is 0 Å². The van der Waals surface area contributed by atoms with E-state index < -0.39 is 0 Å². The van der Waals surface area contributed by atoms with Gasteiger partial charge in [-0.3, -0.25) is 0 Å². The van der Waals surface area contributed by atoms with E-state index in [4.69, 9.17) is 9.15 Å². The minimum Gasteiger partial charge on any atom is -0.493 e. The fourth-order valence-electron chi connectivity index (χ4n) is 1.38. The van der Waals surface area contributed by atoms with E-state index in [0.29, 0.717) is 29.6 Å². The highest BCUT2D eigenvalue weighted by Crippen LogP contribution is 2.30. The van der Waals surface area contributed by atoms with Crippen LogP contribution in [0.3, 0.4) is 0 Å². The van der Waals surface area contributed by atoms with Gasteiger partial charge in [-0.2, -0.15) is 0 Å². The smallest absolute Gasteiger partial charge is 0.230 e. The molecule has 1 aromatic heterocycles. The third kappa shape index (κ3) is 2.05.